The van der Waals surface area contributed by atoms with Gasteiger partial charge in [-0.1, -0.05) is 187 Å². The van der Waals surface area contributed by atoms with Crippen LogP contribution in [0.2, 0.25) is 0 Å². The highest BCUT2D eigenvalue weighted by molar-refractivity contribution is 5.18. The average Bonchev–Trinajstić information content (AvgIpc) is 1.55. The molecule has 17 rings (SSSR count). The first-order valence-corrected chi connectivity index (χ1v) is 52.4. The fourth-order valence-corrected chi connectivity index (χ4v) is 19.8. The summed E-state index contributed by atoms with van der Waals surface area (Å²) in [6.45, 7) is 85.0. The van der Waals surface area contributed by atoms with Gasteiger partial charge in [-0.15, -0.1) is 0 Å². The normalized spacial score (nSPS) is 25.7. The highest BCUT2D eigenvalue weighted by Crippen LogP contribution is 2.50. The molecule has 4 N–H and O–H groups in total. The van der Waals surface area contributed by atoms with Crippen LogP contribution in [0.25, 0.3) is 0 Å². The summed E-state index contributed by atoms with van der Waals surface area (Å²) in [5, 5.41) is 24.5. The van der Waals surface area contributed by atoms with Gasteiger partial charge in [-0.05, 0) is 340 Å². The van der Waals surface area contributed by atoms with Crippen molar-refractivity contribution in [2.45, 2.75) is 368 Å². The monoisotopic (exact) mass is 1770 g/mol. The van der Waals surface area contributed by atoms with Gasteiger partial charge in [-0.2, -0.15) is 15.3 Å². The van der Waals surface area contributed by atoms with E-state index >= 15 is 0 Å². The van der Waals surface area contributed by atoms with Crippen LogP contribution >= 0.6 is 0 Å². The molecule has 17 nitrogen and oxygen atoms in total. The van der Waals surface area contributed by atoms with Gasteiger partial charge in [0, 0.05) is 134 Å². The Kier molecular flexibility index (Phi) is 56.1. The van der Waals surface area contributed by atoms with Crippen molar-refractivity contribution in [1.29, 1.82) is 0 Å². The molecule has 734 valence electrons. The number of likely N-dealkylation sites (tertiary alicyclic amines) is 3. The number of piperidine rings is 2. The lowest BCUT2D eigenvalue weighted by Gasteiger charge is -2.46. The molecular formula is C110H204N12O5. The van der Waals surface area contributed by atoms with E-state index in [9.17, 15) is 0 Å². The highest BCUT2D eigenvalue weighted by Gasteiger charge is 2.48. The fraction of sp³-hybridized carbons (Fsp3) is 0.836. The smallest absolute Gasteiger partial charge is 0.0688 e. The maximum atomic E-state index is 5.76. The van der Waals surface area contributed by atoms with Gasteiger partial charge >= 0.3 is 0 Å². The van der Waals surface area contributed by atoms with E-state index in [2.05, 4.69) is 265 Å². The van der Waals surface area contributed by atoms with Gasteiger partial charge in [0.1, 0.15) is 0 Å². The minimum absolute atomic E-state index is 0. The topological polar surface area (TPSA) is 163 Å². The zero-order chi connectivity index (χ0) is 93.2. The van der Waals surface area contributed by atoms with Crippen molar-refractivity contribution in [3.8, 4) is 0 Å². The molecule has 4 spiro atoms. The van der Waals surface area contributed by atoms with Crippen LogP contribution < -0.4 is 16.0 Å². The molecule has 17 heteroatoms. The summed E-state index contributed by atoms with van der Waals surface area (Å²) in [7, 11) is 0. The number of ether oxygens (including phenoxy) is 5. The lowest BCUT2D eigenvalue weighted by atomic mass is 9.65. The first-order chi connectivity index (χ1) is 60.6. The van der Waals surface area contributed by atoms with E-state index < -0.39 is 0 Å². The number of morpholine rings is 1. The standard InChI is InChI=1S/C10H20N2.2C10H19NO.C10H18O.C9H18.C9H12.C8H17N.C8H11N.C8H17N.C8H16O.C7H10N2.C7H15NO.C6H10N2.H2/c1-9(2)12-6-4-10(8-12)3-5-11-7-10;2*1-9(2)11-5-3-10(7-11)4-6-12-8-10;1-8(2)9-6-10(7-9)4-3-5-11-10;2*1-8(2)9-6-4-3-5-7-9;2*1-7(2)8-3-5-9-6-4-8;1-7(2)8-4-3-5-9-6-8;1-7(2)8-3-5-9-6-4-8;1-6(2)7-4-3-5-8-9-7;1-7(2)8-3-5-9-6-4-8;1-5(2)6-3-7-8-4-6;/h9,11H,3-8H2,1-2H3;2*9H,3-8H2,1-2H3;8-9H,3-7H2,1-2H3;8-9H,3-7H2,1-2H3;3-8H,1-2H3;7-9H,3-6H2,1-2H3;3-7H,1-2H3;7-9H,3-6H2,1-2H3;7-8H,3-6H2,1-2H3;3-6H,1-2H3;7H,3-6H2,1-2H3;3-5H,1-2H3,(H,7,8);1H. The lowest BCUT2D eigenvalue weighted by Crippen LogP contribution is -2.45. The summed E-state index contributed by atoms with van der Waals surface area (Å²) in [5.74, 6) is 11.6. The van der Waals surface area contributed by atoms with E-state index in [0.29, 0.717) is 63.6 Å². The molecule has 3 aromatic heterocycles. The molecule has 4 atom stereocenters. The Bertz CT molecular complexity index is 2890. The predicted octanol–water partition coefficient (Wildman–Crippen LogP) is 24.4. The second kappa shape index (κ2) is 62.7. The second-order valence-electron chi connectivity index (χ2n) is 44.3. The number of pyridine rings is 1. The van der Waals surface area contributed by atoms with Crippen LogP contribution in [0.3, 0.4) is 0 Å². The van der Waals surface area contributed by atoms with E-state index in [1.165, 1.54) is 230 Å². The number of nitrogens with one attached hydrogen (secondary N) is 4. The molecule has 1 aromatic carbocycles. The Morgan fingerprint density at radius 1 is 0.362 bits per heavy atom. The Balaban J connectivity index is 0.000000291. The van der Waals surface area contributed by atoms with Crippen molar-refractivity contribution >= 4 is 0 Å². The SMILES string of the molecule is CC(C)C1CC2(CCCO2)C1.CC(C)C1CCCCC1.CC(C)C1CCCNC1.CC(C)C1CCNCC1.CC(C)C1CCOCC1.CC(C)N1CCC2(CCNC2)C1.CC(C)N1CCC2(CCOC2)C1.CC(C)N1CCC2(CCOC2)C1.CC(C)N1CCOCC1.CC(C)c1ccccc1.CC(C)c1cccnn1.CC(C)c1ccncc1.CC(C)c1cn[nH]c1.[HH]. The number of aromatic amines is 1. The Morgan fingerprint density at radius 2 is 0.843 bits per heavy atom. The third-order valence-electron chi connectivity index (χ3n) is 30.1. The number of hydrogen-bond acceptors (Lipinski definition) is 16. The van der Waals surface area contributed by atoms with Gasteiger partial charge in [0.2, 0.25) is 0 Å². The lowest BCUT2D eigenvalue weighted by molar-refractivity contribution is -0.102. The van der Waals surface area contributed by atoms with E-state index in [-0.39, 0.29) is 1.43 Å². The Hall–Kier alpha value is -3.82. The third kappa shape index (κ3) is 44.9. The minimum Gasteiger partial charge on any atom is -0.381 e. The van der Waals surface area contributed by atoms with Gasteiger partial charge in [0.05, 0.1) is 43.9 Å². The van der Waals surface area contributed by atoms with Gasteiger partial charge in [0.15, 0.2) is 0 Å². The van der Waals surface area contributed by atoms with Crippen molar-refractivity contribution in [1.82, 2.24) is 60.9 Å². The number of H-pyrrole nitrogens is 1. The van der Waals surface area contributed by atoms with Crippen LogP contribution in [0.4, 0.5) is 0 Å². The first-order valence-electron chi connectivity index (χ1n) is 52.4. The summed E-state index contributed by atoms with van der Waals surface area (Å²) >= 11 is 0. The number of nitrogens with zero attached hydrogens (tertiary/aromatic N) is 8. The molecule has 4 unspecified atom stereocenters. The fourth-order valence-electron chi connectivity index (χ4n) is 19.8. The third-order valence-corrected chi connectivity index (χ3v) is 30.1. The molecule has 2 saturated carbocycles. The Labute approximate surface area is 784 Å². The minimum atomic E-state index is 0. The van der Waals surface area contributed by atoms with Crippen molar-refractivity contribution in [3.05, 3.63) is 108 Å². The van der Waals surface area contributed by atoms with E-state index in [4.69, 9.17) is 23.7 Å². The molecule has 4 aromatic rings. The number of rotatable bonds is 13. The summed E-state index contributed by atoms with van der Waals surface area (Å²) < 4.78 is 27.2. The molecular weight excluding hydrogens is 1570 g/mol. The molecule has 11 saturated heterocycles. The van der Waals surface area contributed by atoms with Gasteiger partial charge in [0.25, 0.3) is 0 Å². The maximum absolute atomic E-state index is 5.76. The zero-order valence-electron chi connectivity index (χ0n) is 87.2. The maximum Gasteiger partial charge on any atom is 0.0688 e. The van der Waals surface area contributed by atoms with Crippen LogP contribution in [0.5, 0.6) is 0 Å². The van der Waals surface area contributed by atoms with Crippen LogP contribution in [-0.2, 0) is 23.7 Å². The number of aromatic nitrogens is 5. The summed E-state index contributed by atoms with van der Waals surface area (Å²) in [6, 6.07) is 21.4. The van der Waals surface area contributed by atoms with Crippen molar-refractivity contribution < 1.29 is 25.1 Å². The number of hydrogen-bond donors (Lipinski definition) is 4. The second-order valence-corrected chi connectivity index (χ2v) is 44.3. The van der Waals surface area contributed by atoms with Crippen LogP contribution in [0.15, 0.2) is 85.6 Å². The summed E-state index contributed by atoms with van der Waals surface area (Å²) in [4.78, 5) is 14.1. The van der Waals surface area contributed by atoms with E-state index in [0.717, 1.165) is 143 Å². The predicted molar refractivity (Wildman–Crippen MR) is 543 cm³/mol. The summed E-state index contributed by atoms with van der Waals surface area (Å²) in [5.41, 5.74) is 7.21. The van der Waals surface area contributed by atoms with Crippen molar-refractivity contribution in [2.75, 3.05) is 151 Å². The highest BCUT2D eigenvalue weighted by atomic mass is 16.5. The largest absolute Gasteiger partial charge is 0.381 e. The summed E-state index contributed by atoms with van der Waals surface area (Å²) in [6.07, 6.45) is 38.1. The molecule has 0 amide bonds. The van der Waals surface area contributed by atoms with E-state index in [1.807, 2.05) is 55.1 Å². The van der Waals surface area contributed by atoms with Crippen LogP contribution in [0, 0.1) is 75.4 Å². The molecule has 0 bridgehead atoms. The van der Waals surface area contributed by atoms with Crippen LogP contribution in [-0.4, -0.2) is 226 Å². The molecule has 14 heterocycles. The van der Waals surface area contributed by atoms with Gasteiger partial charge in [-0.25, -0.2) is 0 Å². The molecule has 11 aliphatic heterocycles. The van der Waals surface area contributed by atoms with Crippen molar-refractivity contribution in [3.63, 3.8) is 0 Å². The van der Waals surface area contributed by atoms with Crippen LogP contribution in [0.1, 0.15) is 362 Å². The molecule has 127 heavy (non-hydrogen) atoms. The first kappa shape index (κ1) is 114. The van der Waals surface area contributed by atoms with Gasteiger partial charge < -0.3 is 54.3 Å². The van der Waals surface area contributed by atoms with E-state index in [1.54, 1.807) is 6.20 Å². The zero-order valence-corrected chi connectivity index (χ0v) is 87.2. The van der Waals surface area contributed by atoms with Crippen molar-refractivity contribution in [2.24, 2.45) is 75.4 Å². The Morgan fingerprint density at radius 3 is 1.17 bits per heavy atom. The molecule has 13 aliphatic rings. The van der Waals surface area contributed by atoms with Gasteiger partial charge in [-0.3, -0.25) is 15.0 Å². The number of benzene rings is 1. The molecule has 0 radical (unpaired) electrons. The molecule has 13 fully saturated rings. The average molecular weight is 1770 g/mol. The molecule has 2 aliphatic carbocycles. The quantitative estimate of drug-likeness (QED) is 0.0999.